The van der Waals surface area contributed by atoms with E-state index in [9.17, 15) is 0 Å². The molecule has 0 fully saturated rings. The molecule has 0 saturated carbocycles. The van der Waals surface area contributed by atoms with Crippen molar-refractivity contribution in [2.45, 2.75) is 57.3 Å². The van der Waals surface area contributed by atoms with E-state index in [2.05, 4.69) is 258 Å². The van der Waals surface area contributed by atoms with Crippen molar-refractivity contribution >= 4 is 74.7 Å². The Morgan fingerprint density at radius 1 is 0.318 bits per heavy atom. The van der Waals surface area contributed by atoms with E-state index in [0.717, 1.165) is 6.42 Å². The molecule has 0 unspecified atom stereocenters. The molecule has 0 saturated heterocycles. The first-order valence-electron chi connectivity index (χ1n) is 23.8. The normalized spacial score (nSPS) is 17.5. The molecule has 4 aliphatic rings. The summed E-state index contributed by atoms with van der Waals surface area (Å²) < 4.78 is 0. The number of hydrogen-bond acceptors (Lipinski definition) is 1. The highest BCUT2D eigenvalue weighted by molar-refractivity contribution is 7.22. The van der Waals surface area contributed by atoms with Crippen LogP contribution in [0, 0.1) is 0 Å². The van der Waals surface area contributed by atoms with Crippen LogP contribution in [0.25, 0.3) is 0 Å². The number of nitrogens with zero attached hydrogens (tertiary/aromatic N) is 1. The summed E-state index contributed by atoms with van der Waals surface area (Å²) in [7, 11) is -5.72. The zero-order valence-electron chi connectivity index (χ0n) is 38.4. The fourth-order valence-corrected chi connectivity index (χ4v) is 26.1. The van der Waals surface area contributed by atoms with Crippen LogP contribution in [-0.4, -0.2) is 16.1 Å². The third-order valence-corrected chi connectivity index (χ3v) is 26.6. The number of para-hydroxylation sites is 2. The maximum absolute atomic E-state index is 2.94. The number of anilines is 3. The van der Waals surface area contributed by atoms with Crippen LogP contribution in [0.4, 0.5) is 17.1 Å². The summed E-state index contributed by atoms with van der Waals surface area (Å²) >= 11 is 0. The minimum Gasteiger partial charge on any atom is -0.311 e. The van der Waals surface area contributed by atoms with Gasteiger partial charge >= 0.3 is 0 Å². The average molecular weight is 880 g/mol. The average Bonchev–Trinajstić information content (AvgIpc) is 3.36. The molecule has 9 aromatic rings. The monoisotopic (exact) mass is 879 g/mol. The largest absolute Gasteiger partial charge is 0.311 e. The number of benzene rings is 9. The van der Waals surface area contributed by atoms with Crippen molar-refractivity contribution in [3.05, 3.63) is 257 Å². The number of hydrogen-bond donors (Lipinski definition) is 0. The van der Waals surface area contributed by atoms with Crippen LogP contribution in [0.15, 0.2) is 218 Å². The quantitative estimate of drug-likeness (QED) is 0.160. The molecule has 0 atom stereocenters. The second-order valence-corrected chi connectivity index (χ2v) is 27.9. The summed E-state index contributed by atoms with van der Waals surface area (Å²) in [6, 6.07) is 85.2. The second-order valence-electron chi connectivity index (χ2n) is 20.6. The van der Waals surface area contributed by atoms with Gasteiger partial charge in [0.05, 0.1) is 0 Å². The Morgan fingerprint density at radius 3 is 1.11 bits per heavy atom. The van der Waals surface area contributed by atoms with Crippen molar-refractivity contribution in [1.29, 1.82) is 0 Å². The highest BCUT2D eigenvalue weighted by Crippen LogP contribution is 2.46. The summed E-state index contributed by atoms with van der Waals surface area (Å²) in [5.41, 5.74) is 13.3. The summed E-state index contributed by atoms with van der Waals surface area (Å²) in [6.07, 6.45) is 0.875. The van der Waals surface area contributed by atoms with E-state index in [1.165, 1.54) is 97.5 Å². The molecule has 0 N–H and O–H groups in total. The molecule has 318 valence electrons. The van der Waals surface area contributed by atoms with Gasteiger partial charge < -0.3 is 4.90 Å². The smallest absolute Gasteiger partial charge is 0.184 e. The summed E-state index contributed by atoms with van der Waals surface area (Å²) in [5, 5.41) is 12.1. The zero-order chi connectivity index (χ0) is 44.6. The third-order valence-electron chi connectivity index (χ3n) is 16.7. The van der Waals surface area contributed by atoms with Crippen LogP contribution in [0.5, 0.6) is 0 Å². The van der Waals surface area contributed by atoms with Gasteiger partial charge in [-0.3, -0.25) is 0 Å². The molecule has 0 amide bonds. The highest BCUT2D eigenvalue weighted by Gasteiger charge is 2.58. The van der Waals surface area contributed by atoms with Gasteiger partial charge in [0.15, 0.2) is 16.1 Å². The van der Waals surface area contributed by atoms with Crippen LogP contribution < -0.4 is 46.4 Å². The van der Waals surface area contributed by atoms with Gasteiger partial charge in [0.2, 0.25) is 0 Å². The van der Waals surface area contributed by atoms with Crippen LogP contribution in [0.3, 0.4) is 0 Å². The van der Waals surface area contributed by atoms with Crippen LogP contribution in [0.1, 0.15) is 73.6 Å². The first kappa shape index (κ1) is 39.6. The van der Waals surface area contributed by atoms with Crippen molar-refractivity contribution in [2.24, 2.45) is 0 Å². The van der Waals surface area contributed by atoms with Crippen molar-refractivity contribution in [1.82, 2.24) is 0 Å². The highest BCUT2D eigenvalue weighted by atomic mass is 28.3. The van der Waals surface area contributed by atoms with Gasteiger partial charge in [-0.05, 0) is 111 Å². The fraction of sp³-hybridized carbons (Fsp3) is 0.143. The van der Waals surface area contributed by atoms with Gasteiger partial charge in [0, 0.05) is 33.3 Å². The summed E-state index contributed by atoms with van der Waals surface area (Å²) in [6.45, 7) is 12.3. The van der Waals surface area contributed by atoms with Gasteiger partial charge in [-0.15, -0.1) is 0 Å². The van der Waals surface area contributed by atoms with Gasteiger partial charge in [-0.2, -0.15) is 0 Å². The standard InChI is InChI=1S/C63H53NSi2/c1-61(2)45-25-9-16-32-53(45)65(54-33-17-10-26-46(54)61)57-36-20-13-29-49(57)63(5,50-30-14-21-37-58(50)65)42-43-39-40-52-60(41-43)66(59-38-22-15-31-51(59)64(52)44-23-7-6-8-24-44)55-34-18-11-27-47(55)62(3,4)48-28-12-19-35-56(48)66/h6-41H,42H2,1-5H3. The molecule has 9 aromatic carbocycles. The van der Waals surface area contributed by atoms with E-state index in [1.807, 2.05) is 0 Å². The van der Waals surface area contributed by atoms with E-state index >= 15 is 0 Å². The maximum Gasteiger partial charge on any atom is 0.184 e. The van der Waals surface area contributed by atoms with E-state index in [1.54, 1.807) is 0 Å². The number of rotatable bonds is 3. The summed E-state index contributed by atoms with van der Waals surface area (Å²) in [4.78, 5) is 2.55. The van der Waals surface area contributed by atoms with Crippen molar-refractivity contribution in [3.63, 3.8) is 0 Å². The lowest BCUT2D eigenvalue weighted by Gasteiger charge is -2.53. The summed E-state index contributed by atoms with van der Waals surface area (Å²) in [5.74, 6) is 0. The maximum atomic E-state index is 2.69. The predicted octanol–water partition coefficient (Wildman–Crippen LogP) is 9.37. The Kier molecular flexibility index (Phi) is 8.32. The Morgan fingerprint density at radius 2 is 0.652 bits per heavy atom. The molecular formula is C63H53NSi2. The Hall–Kier alpha value is -6.79. The molecule has 1 nitrogen and oxygen atoms in total. The molecule has 0 aliphatic carbocycles. The molecule has 0 radical (unpaired) electrons. The van der Waals surface area contributed by atoms with Crippen LogP contribution >= 0.6 is 0 Å². The molecular weight excluding hydrogens is 827 g/mol. The molecule has 4 aliphatic heterocycles. The van der Waals surface area contributed by atoms with Crippen molar-refractivity contribution < 1.29 is 0 Å². The molecule has 2 spiro atoms. The topological polar surface area (TPSA) is 3.24 Å². The number of fused-ring (bicyclic) bond motifs is 16. The minimum absolute atomic E-state index is 0.114. The van der Waals surface area contributed by atoms with E-state index in [4.69, 9.17) is 0 Å². The van der Waals surface area contributed by atoms with Gasteiger partial charge in [0.1, 0.15) is 0 Å². The lowest BCUT2D eigenvalue weighted by atomic mass is 9.71. The SMILES string of the molecule is CC1(C)c2ccccc2[Si]2(c3ccccc3N(c3ccccc3)c3ccc(CC4(C)c5ccccc5[Si]5(c6ccccc6C(C)(C)c6ccccc65)c5ccccc54)cc32)c2ccccc21. The molecule has 4 heterocycles. The van der Waals surface area contributed by atoms with Gasteiger partial charge in [-0.25, -0.2) is 0 Å². The fourth-order valence-electron chi connectivity index (χ4n) is 13.9. The Bertz CT molecular complexity index is 3300. The Balaban J connectivity index is 1.09. The molecule has 0 bridgehead atoms. The molecule has 3 heteroatoms. The van der Waals surface area contributed by atoms with E-state index < -0.39 is 16.1 Å². The third kappa shape index (κ3) is 4.89. The predicted molar refractivity (Wildman–Crippen MR) is 283 cm³/mol. The second kappa shape index (κ2) is 13.9. The van der Waals surface area contributed by atoms with Gasteiger partial charge in [-0.1, -0.05) is 229 Å². The first-order chi connectivity index (χ1) is 32.1. The lowest BCUT2D eigenvalue weighted by Crippen LogP contribution is -2.82. The van der Waals surface area contributed by atoms with Crippen LogP contribution in [0.2, 0.25) is 0 Å². The van der Waals surface area contributed by atoms with Crippen LogP contribution in [-0.2, 0) is 22.7 Å². The molecule has 13 rings (SSSR count). The van der Waals surface area contributed by atoms with E-state index in [0.29, 0.717) is 0 Å². The Labute approximate surface area is 392 Å². The van der Waals surface area contributed by atoms with Crippen molar-refractivity contribution in [3.8, 4) is 0 Å². The van der Waals surface area contributed by atoms with E-state index in [-0.39, 0.29) is 16.2 Å². The van der Waals surface area contributed by atoms with Crippen molar-refractivity contribution in [2.75, 3.05) is 4.90 Å². The first-order valence-corrected chi connectivity index (χ1v) is 27.8. The zero-order valence-corrected chi connectivity index (χ0v) is 40.4. The molecule has 66 heavy (non-hydrogen) atoms. The molecule has 0 aromatic heterocycles. The van der Waals surface area contributed by atoms with Gasteiger partial charge in [0.25, 0.3) is 0 Å². The lowest BCUT2D eigenvalue weighted by molar-refractivity contribution is 0.571. The minimum atomic E-state index is -2.94.